The number of halogens is 1. The van der Waals surface area contributed by atoms with Gasteiger partial charge in [0.15, 0.2) is 11.5 Å². The van der Waals surface area contributed by atoms with Crippen molar-refractivity contribution in [3.05, 3.63) is 105 Å². The fourth-order valence-corrected chi connectivity index (χ4v) is 4.36. The number of methoxy groups -OCH3 is 1. The molecule has 0 unspecified atom stereocenters. The number of aryl methyl sites for hydroxylation is 1. The number of nitrogens with one attached hydrogen (secondary N) is 1. The number of amides is 1. The Morgan fingerprint density at radius 2 is 1.79 bits per heavy atom. The molecule has 0 aliphatic carbocycles. The maximum absolute atomic E-state index is 12.3. The number of hydrogen-bond acceptors (Lipinski definition) is 4. The topological polar surface area (TPSA) is 59.9 Å². The van der Waals surface area contributed by atoms with Crippen molar-refractivity contribution < 1.29 is 14.3 Å². The predicted octanol–water partition coefficient (Wildman–Crippen LogP) is 6.10. The smallest absolute Gasteiger partial charge is 0.271 e. The highest BCUT2D eigenvalue weighted by atomic mass is 127. The zero-order valence-electron chi connectivity index (χ0n) is 18.3. The largest absolute Gasteiger partial charge is 0.493 e. The van der Waals surface area contributed by atoms with Crippen molar-refractivity contribution >= 4 is 45.5 Å². The van der Waals surface area contributed by atoms with Crippen LogP contribution in [0.3, 0.4) is 0 Å². The molecule has 1 amide bonds. The molecule has 1 N–H and O–H groups in total. The summed E-state index contributed by atoms with van der Waals surface area (Å²) in [6.07, 6.45) is 1.59. The molecule has 0 atom stereocenters. The van der Waals surface area contributed by atoms with Crippen molar-refractivity contribution in [3.63, 3.8) is 0 Å². The highest BCUT2D eigenvalue weighted by Gasteiger charge is 2.13. The summed E-state index contributed by atoms with van der Waals surface area (Å²) in [7, 11) is 1.61. The van der Waals surface area contributed by atoms with E-state index in [-0.39, 0.29) is 5.91 Å². The van der Waals surface area contributed by atoms with Gasteiger partial charge in [0, 0.05) is 5.56 Å². The third-order valence-electron chi connectivity index (χ3n) is 5.27. The third-order valence-corrected chi connectivity index (χ3v) is 6.07. The number of nitrogens with zero attached hydrogens (tertiary/aromatic N) is 1. The van der Waals surface area contributed by atoms with E-state index in [9.17, 15) is 4.79 Å². The van der Waals surface area contributed by atoms with Gasteiger partial charge in [0.2, 0.25) is 0 Å². The predicted molar refractivity (Wildman–Crippen MR) is 140 cm³/mol. The first-order valence-electron chi connectivity index (χ1n) is 10.4. The van der Waals surface area contributed by atoms with Gasteiger partial charge in [0.25, 0.3) is 5.91 Å². The van der Waals surface area contributed by atoms with Crippen LogP contribution in [0.25, 0.3) is 10.8 Å². The van der Waals surface area contributed by atoms with E-state index in [4.69, 9.17) is 9.47 Å². The Morgan fingerprint density at radius 3 is 2.61 bits per heavy atom. The Hall–Kier alpha value is -3.39. The summed E-state index contributed by atoms with van der Waals surface area (Å²) in [5, 5.41) is 6.46. The minimum absolute atomic E-state index is 0.249. The number of carbonyl (C=O) groups is 1. The van der Waals surface area contributed by atoms with Crippen molar-refractivity contribution in [2.24, 2.45) is 5.10 Å². The van der Waals surface area contributed by atoms with Gasteiger partial charge >= 0.3 is 0 Å². The van der Waals surface area contributed by atoms with E-state index >= 15 is 0 Å². The zero-order chi connectivity index (χ0) is 23.2. The molecule has 0 spiro atoms. The molecule has 166 valence electrons. The molecule has 0 aliphatic heterocycles. The second kappa shape index (κ2) is 10.5. The summed E-state index contributed by atoms with van der Waals surface area (Å²) >= 11 is 2.22. The van der Waals surface area contributed by atoms with E-state index in [1.165, 1.54) is 10.8 Å². The third kappa shape index (κ3) is 5.34. The second-order valence-electron chi connectivity index (χ2n) is 7.48. The van der Waals surface area contributed by atoms with Crippen LogP contribution in [0.4, 0.5) is 0 Å². The van der Waals surface area contributed by atoms with Gasteiger partial charge in [0.05, 0.1) is 16.9 Å². The van der Waals surface area contributed by atoms with Gasteiger partial charge in [-0.2, -0.15) is 5.10 Å². The summed E-state index contributed by atoms with van der Waals surface area (Å²) in [6, 6.07) is 25.6. The minimum atomic E-state index is -0.249. The Morgan fingerprint density at radius 1 is 1.03 bits per heavy atom. The summed E-state index contributed by atoms with van der Waals surface area (Å²) in [4.78, 5) is 12.3. The number of hydrazone groups is 1. The highest BCUT2D eigenvalue weighted by molar-refractivity contribution is 14.1. The summed E-state index contributed by atoms with van der Waals surface area (Å²) in [5.74, 6) is 1.03. The number of hydrogen-bond donors (Lipinski definition) is 1. The zero-order valence-corrected chi connectivity index (χ0v) is 20.5. The van der Waals surface area contributed by atoms with E-state index in [1.54, 1.807) is 19.4 Å². The van der Waals surface area contributed by atoms with E-state index < -0.39 is 0 Å². The molecule has 0 fully saturated rings. The maximum Gasteiger partial charge on any atom is 0.271 e. The lowest BCUT2D eigenvalue weighted by molar-refractivity contribution is 0.0954. The van der Waals surface area contributed by atoms with E-state index in [0.29, 0.717) is 23.7 Å². The molecule has 0 radical (unpaired) electrons. The van der Waals surface area contributed by atoms with Gasteiger partial charge in [-0.25, -0.2) is 5.43 Å². The number of fused-ring (bicyclic) bond motifs is 1. The maximum atomic E-state index is 12.3. The van der Waals surface area contributed by atoms with Gasteiger partial charge < -0.3 is 9.47 Å². The van der Waals surface area contributed by atoms with Gasteiger partial charge in [-0.3, -0.25) is 4.79 Å². The summed E-state index contributed by atoms with van der Waals surface area (Å²) < 4.78 is 12.6. The monoisotopic (exact) mass is 550 g/mol. The lowest BCUT2D eigenvalue weighted by Crippen LogP contribution is -2.18. The van der Waals surface area contributed by atoms with Crippen molar-refractivity contribution in [3.8, 4) is 11.5 Å². The number of benzene rings is 4. The second-order valence-corrected chi connectivity index (χ2v) is 8.64. The molecule has 0 saturated carbocycles. The quantitative estimate of drug-likeness (QED) is 0.172. The van der Waals surface area contributed by atoms with E-state index in [2.05, 4.69) is 57.4 Å². The number of rotatable bonds is 7. The molecule has 0 heterocycles. The van der Waals surface area contributed by atoms with Crippen LogP contribution in [-0.4, -0.2) is 19.2 Å². The molecule has 5 nitrogen and oxygen atoms in total. The average molecular weight is 550 g/mol. The number of ether oxygens (including phenoxy) is 2. The Bertz CT molecular complexity index is 1330. The van der Waals surface area contributed by atoms with Crippen molar-refractivity contribution in [2.45, 2.75) is 13.5 Å². The molecular formula is C27H23IN2O3. The molecule has 6 heteroatoms. The van der Waals surface area contributed by atoms with Crippen LogP contribution in [0, 0.1) is 10.5 Å². The van der Waals surface area contributed by atoms with E-state index in [0.717, 1.165) is 20.3 Å². The van der Waals surface area contributed by atoms with Crippen molar-refractivity contribution in [1.82, 2.24) is 5.43 Å². The first-order valence-corrected chi connectivity index (χ1v) is 11.5. The highest BCUT2D eigenvalue weighted by Crippen LogP contribution is 2.34. The first-order chi connectivity index (χ1) is 16.1. The Kier molecular flexibility index (Phi) is 7.24. The fraction of sp³-hybridized carbons (Fsp3) is 0.111. The minimum Gasteiger partial charge on any atom is -0.493 e. The van der Waals surface area contributed by atoms with Gasteiger partial charge in [-0.05, 0) is 75.2 Å². The molecule has 4 rings (SSSR count). The summed E-state index contributed by atoms with van der Waals surface area (Å²) in [5.41, 5.74) is 5.97. The standard InChI is InChI=1S/C27H23IN2O3/c1-18-8-3-5-12-22(18)27(31)30-29-16-19-14-24(28)26(25(15-19)32-2)33-17-21-11-7-10-20-9-4-6-13-23(20)21/h3-16H,17H2,1-2H3,(H,30,31)/b29-16+. The van der Waals surface area contributed by atoms with Gasteiger partial charge in [-0.1, -0.05) is 60.7 Å². The Balaban J connectivity index is 1.49. The molecule has 33 heavy (non-hydrogen) atoms. The van der Waals surface area contributed by atoms with Crippen LogP contribution in [0.15, 0.2) is 84.0 Å². The van der Waals surface area contributed by atoms with E-state index in [1.807, 2.05) is 55.5 Å². The lowest BCUT2D eigenvalue weighted by Gasteiger charge is -2.14. The van der Waals surface area contributed by atoms with Crippen molar-refractivity contribution in [2.75, 3.05) is 7.11 Å². The van der Waals surface area contributed by atoms with Crippen LogP contribution >= 0.6 is 22.6 Å². The van der Waals surface area contributed by atoms with Crippen molar-refractivity contribution in [1.29, 1.82) is 0 Å². The van der Waals surface area contributed by atoms with Crippen LogP contribution in [0.2, 0.25) is 0 Å². The number of carbonyl (C=O) groups excluding carboxylic acids is 1. The molecule has 4 aromatic rings. The van der Waals surface area contributed by atoms with Crippen LogP contribution in [0.1, 0.15) is 27.0 Å². The normalized spacial score (nSPS) is 11.0. The van der Waals surface area contributed by atoms with Crippen LogP contribution in [-0.2, 0) is 6.61 Å². The molecule has 0 aliphatic rings. The Labute approximate surface area is 206 Å². The van der Waals surface area contributed by atoms with Crippen LogP contribution in [0.5, 0.6) is 11.5 Å². The van der Waals surface area contributed by atoms with Gasteiger partial charge in [-0.15, -0.1) is 0 Å². The summed E-state index contributed by atoms with van der Waals surface area (Å²) in [6.45, 7) is 2.32. The molecular weight excluding hydrogens is 527 g/mol. The van der Waals surface area contributed by atoms with Crippen LogP contribution < -0.4 is 14.9 Å². The molecule has 4 aromatic carbocycles. The first kappa shape index (κ1) is 22.8. The molecule has 0 saturated heterocycles. The SMILES string of the molecule is COc1cc(/C=N/NC(=O)c2ccccc2C)cc(I)c1OCc1cccc2ccccc12. The van der Waals surface area contributed by atoms with Gasteiger partial charge in [0.1, 0.15) is 6.61 Å². The molecule has 0 bridgehead atoms. The fourth-order valence-electron chi connectivity index (χ4n) is 3.58. The lowest BCUT2D eigenvalue weighted by atomic mass is 10.1. The molecule has 0 aromatic heterocycles. The average Bonchev–Trinajstić information content (AvgIpc) is 2.83.